The fraction of sp³-hybridized carbons (Fsp3) is 0.211. The monoisotopic (exact) mass is 340 g/mol. The van der Waals surface area contributed by atoms with Crippen LogP contribution in [0.25, 0.3) is 0 Å². The van der Waals surface area contributed by atoms with Gasteiger partial charge in [-0.25, -0.2) is 0 Å². The number of carbonyl (C=O) groups is 1. The van der Waals surface area contributed by atoms with Crippen LogP contribution < -0.4 is 10.1 Å². The molecular weight excluding hydrogens is 320 g/mol. The van der Waals surface area contributed by atoms with E-state index in [4.69, 9.17) is 4.74 Å². The summed E-state index contributed by atoms with van der Waals surface area (Å²) in [5.74, 6) is 0.141. The van der Waals surface area contributed by atoms with E-state index >= 15 is 0 Å². The fourth-order valence-electron chi connectivity index (χ4n) is 2.47. The minimum Gasteiger partial charge on any atom is -0.483 e. The average molecular weight is 340 g/mol. The van der Waals surface area contributed by atoms with Crippen LogP contribution in [0.4, 0.5) is 11.4 Å². The Kier molecular flexibility index (Phi) is 5.89. The highest BCUT2D eigenvalue weighted by atomic mass is 16.6. The number of nitro benzene ring substituents is 1. The third-order valence-electron chi connectivity index (χ3n) is 3.72. The number of nitrogens with one attached hydrogen (secondary N) is 1. The maximum atomic E-state index is 12.2. The number of anilines is 1. The van der Waals surface area contributed by atoms with E-state index in [1.807, 2.05) is 32.0 Å². The quantitative estimate of drug-likeness (QED) is 0.470. The first-order valence-electron chi connectivity index (χ1n) is 7.79. The van der Waals surface area contributed by atoms with Gasteiger partial charge in [0, 0.05) is 23.4 Å². The molecule has 0 atom stereocenters. The standard InChI is InChI=1S/C19H20N2O4/c1-4-6-15-11-16(21(23)24)9-10-17(15)25-12-18(22)20-19-13(2)7-5-8-14(19)3/h4-5,7-11H,1,6,12H2,2-3H3,(H,20,22). The molecule has 130 valence electrons. The molecule has 0 aliphatic rings. The number of aryl methyl sites for hydroxylation is 2. The number of carbonyl (C=O) groups excluding carboxylic acids is 1. The molecule has 2 aromatic rings. The Hall–Kier alpha value is -3.15. The largest absolute Gasteiger partial charge is 0.483 e. The number of allylic oxidation sites excluding steroid dienone is 1. The van der Waals surface area contributed by atoms with Crippen molar-refractivity contribution in [1.29, 1.82) is 0 Å². The van der Waals surface area contributed by atoms with E-state index < -0.39 is 4.92 Å². The lowest BCUT2D eigenvalue weighted by Gasteiger charge is -2.13. The van der Waals surface area contributed by atoms with E-state index in [9.17, 15) is 14.9 Å². The third kappa shape index (κ3) is 4.67. The van der Waals surface area contributed by atoms with Crippen molar-refractivity contribution in [1.82, 2.24) is 0 Å². The van der Waals surface area contributed by atoms with Crippen molar-refractivity contribution in [2.24, 2.45) is 0 Å². The number of non-ortho nitro benzene ring substituents is 1. The Morgan fingerprint density at radius 1 is 1.28 bits per heavy atom. The smallest absolute Gasteiger partial charge is 0.269 e. The molecule has 0 aliphatic carbocycles. The molecule has 6 heteroatoms. The summed E-state index contributed by atoms with van der Waals surface area (Å²) in [5, 5.41) is 13.7. The summed E-state index contributed by atoms with van der Waals surface area (Å²) in [7, 11) is 0. The predicted octanol–water partition coefficient (Wildman–Crippen LogP) is 3.96. The summed E-state index contributed by atoms with van der Waals surface area (Å²) in [4.78, 5) is 22.6. The SMILES string of the molecule is C=CCc1cc([N+](=O)[O-])ccc1OCC(=O)Nc1c(C)cccc1C. The van der Waals surface area contributed by atoms with E-state index in [1.165, 1.54) is 18.2 Å². The van der Waals surface area contributed by atoms with Crippen molar-refractivity contribution in [2.45, 2.75) is 20.3 Å². The number of amides is 1. The first-order valence-corrected chi connectivity index (χ1v) is 7.79. The molecule has 0 unspecified atom stereocenters. The molecule has 0 fully saturated rings. The highest BCUT2D eigenvalue weighted by Gasteiger charge is 2.13. The number of nitrogens with zero attached hydrogens (tertiary/aromatic N) is 1. The minimum atomic E-state index is -0.468. The summed E-state index contributed by atoms with van der Waals surface area (Å²) in [5.41, 5.74) is 3.30. The fourth-order valence-corrected chi connectivity index (χ4v) is 2.47. The number of hydrogen-bond donors (Lipinski definition) is 1. The van der Waals surface area contributed by atoms with Crippen LogP contribution in [0.1, 0.15) is 16.7 Å². The van der Waals surface area contributed by atoms with Crippen molar-refractivity contribution < 1.29 is 14.5 Å². The molecule has 0 saturated carbocycles. The molecule has 2 rings (SSSR count). The zero-order valence-electron chi connectivity index (χ0n) is 14.2. The summed E-state index contributed by atoms with van der Waals surface area (Å²) in [6.45, 7) is 7.29. The van der Waals surface area contributed by atoms with E-state index in [-0.39, 0.29) is 18.2 Å². The van der Waals surface area contributed by atoms with Gasteiger partial charge in [-0.1, -0.05) is 24.3 Å². The van der Waals surface area contributed by atoms with Crippen molar-refractivity contribution in [3.63, 3.8) is 0 Å². The van der Waals surface area contributed by atoms with Crippen LogP contribution in [0.3, 0.4) is 0 Å². The van der Waals surface area contributed by atoms with Crippen LogP contribution >= 0.6 is 0 Å². The highest BCUT2D eigenvalue weighted by Crippen LogP contribution is 2.25. The topological polar surface area (TPSA) is 81.5 Å². The second kappa shape index (κ2) is 8.10. The van der Waals surface area contributed by atoms with E-state index in [1.54, 1.807) is 6.08 Å². The first-order chi connectivity index (χ1) is 11.9. The molecular formula is C19H20N2O4. The van der Waals surface area contributed by atoms with Gasteiger partial charge in [0.1, 0.15) is 5.75 Å². The Morgan fingerprint density at radius 2 is 1.96 bits per heavy atom. The number of para-hydroxylation sites is 1. The van der Waals surface area contributed by atoms with Crippen LogP contribution in [0.15, 0.2) is 49.1 Å². The minimum absolute atomic E-state index is 0.0239. The molecule has 0 spiro atoms. The highest BCUT2D eigenvalue weighted by molar-refractivity contribution is 5.93. The summed E-state index contributed by atoms with van der Waals surface area (Å²) < 4.78 is 5.56. The molecule has 1 N–H and O–H groups in total. The lowest BCUT2D eigenvalue weighted by Crippen LogP contribution is -2.21. The zero-order valence-corrected chi connectivity index (χ0v) is 14.2. The first kappa shape index (κ1) is 18.2. The van der Waals surface area contributed by atoms with Crippen LogP contribution in [0, 0.1) is 24.0 Å². The number of nitro groups is 1. The molecule has 2 aromatic carbocycles. The van der Waals surface area contributed by atoms with Crippen molar-refractivity contribution in [3.05, 3.63) is 75.9 Å². The second-order valence-electron chi connectivity index (χ2n) is 5.65. The molecule has 0 radical (unpaired) electrons. The van der Waals surface area contributed by atoms with Crippen LogP contribution in [-0.2, 0) is 11.2 Å². The lowest BCUT2D eigenvalue weighted by molar-refractivity contribution is -0.384. The van der Waals surface area contributed by atoms with Crippen LogP contribution in [0.5, 0.6) is 5.75 Å². The van der Waals surface area contributed by atoms with Gasteiger partial charge in [-0.05, 0) is 37.5 Å². The van der Waals surface area contributed by atoms with Gasteiger partial charge >= 0.3 is 0 Å². The third-order valence-corrected chi connectivity index (χ3v) is 3.72. The van der Waals surface area contributed by atoms with Crippen LogP contribution in [0.2, 0.25) is 0 Å². The van der Waals surface area contributed by atoms with Gasteiger partial charge in [-0.15, -0.1) is 6.58 Å². The van der Waals surface area contributed by atoms with Crippen molar-refractivity contribution in [3.8, 4) is 5.75 Å². The Labute approximate surface area is 146 Å². The van der Waals surface area contributed by atoms with E-state index in [0.717, 1.165) is 16.8 Å². The van der Waals surface area contributed by atoms with Crippen molar-refractivity contribution in [2.75, 3.05) is 11.9 Å². The zero-order chi connectivity index (χ0) is 18.4. The average Bonchev–Trinajstić information content (AvgIpc) is 2.57. The Balaban J connectivity index is 2.08. The van der Waals surface area contributed by atoms with Gasteiger partial charge in [0.2, 0.25) is 0 Å². The molecule has 0 heterocycles. The van der Waals surface area contributed by atoms with E-state index in [2.05, 4.69) is 11.9 Å². The van der Waals surface area contributed by atoms with Crippen LogP contribution in [-0.4, -0.2) is 17.4 Å². The summed E-state index contributed by atoms with van der Waals surface area (Å²) >= 11 is 0. The summed E-state index contributed by atoms with van der Waals surface area (Å²) in [6, 6.07) is 10.0. The van der Waals surface area contributed by atoms with Gasteiger partial charge in [0.05, 0.1) is 4.92 Å². The molecule has 1 amide bonds. The van der Waals surface area contributed by atoms with Gasteiger partial charge in [-0.2, -0.15) is 0 Å². The van der Waals surface area contributed by atoms with Gasteiger partial charge in [0.25, 0.3) is 11.6 Å². The van der Waals surface area contributed by atoms with Gasteiger partial charge in [0.15, 0.2) is 6.61 Å². The molecule has 0 bridgehead atoms. The summed E-state index contributed by atoms with van der Waals surface area (Å²) in [6.07, 6.45) is 2.04. The maximum absolute atomic E-state index is 12.2. The molecule has 6 nitrogen and oxygen atoms in total. The Bertz CT molecular complexity index is 795. The number of hydrogen-bond acceptors (Lipinski definition) is 4. The van der Waals surface area contributed by atoms with Crippen molar-refractivity contribution >= 4 is 17.3 Å². The lowest BCUT2D eigenvalue weighted by atomic mass is 10.1. The maximum Gasteiger partial charge on any atom is 0.269 e. The molecule has 25 heavy (non-hydrogen) atoms. The Morgan fingerprint density at radius 3 is 2.56 bits per heavy atom. The normalized spacial score (nSPS) is 10.2. The number of rotatable bonds is 7. The molecule has 0 aliphatic heterocycles. The number of benzene rings is 2. The molecule has 0 saturated heterocycles. The predicted molar refractivity (Wildman–Crippen MR) is 97.0 cm³/mol. The van der Waals surface area contributed by atoms with Gasteiger partial charge < -0.3 is 10.1 Å². The second-order valence-corrected chi connectivity index (χ2v) is 5.65. The number of ether oxygens (including phenoxy) is 1. The van der Waals surface area contributed by atoms with Gasteiger partial charge in [-0.3, -0.25) is 14.9 Å². The molecule has 0 aromatic heterocycles. The van der Waals surface area contributed by atoms with E-state index in [0.29, 0.717) is 17.7 Å².